The number of benzene rings is 2. The molecule has 56 heavy (non-hydrogen) atoms. The van der Waals surface area contributed by atoms with E-state index in [1.54, 1.807) is 35.5 Å². The number of nitrogens with one attached hydrogen (secondary N) is 3. The molecule has 1 saturated heterocycles. The van der Waals surface area contributed by atoms with Crippen LogP contribution in [0, 0.1) is 11.7 Å². The molecule has 13 nitrogen and oxygen atoms in total. The van der Waals surface area contributed by atoms with E-state index in [1.165, 1.54) is 6.07 Å². The number of anilines is 5. The van der Waals surface area contributed by atoms with E-state index in [4.69, 9.17) is 36.1 Å². The van der Waals surface area contributed by atoms with E-state index in [1.807, 2.05) is 24.4 Å². The number of urea groups is 1. The number of piperidine rings is 1. The Morgan fingerprint density at radius 1 is 0.893 bits per heavy atom. The molecule has 0 atom stereocenters. The number of carboxylic acid groups (broad SMARTS) is 2. The zero-order valence-electron chi connectivity index (χ0n) is 28.9. The number of hydrogen-bond donors (Lipinski definition) is 5. The van der Waals surface area contributed by atoms with Crippen molar-refractivity contribution in [3.8, 4) is 5.75 Å². The molecule has 2 aromatic carbocycles. The van der Waals surface area contributed by atoms with Crippen molar-refractivity contribution in [2.75, 3.05) is 35.6 Å². The van der Waals surface area contributed by atoms with Crippen LogP contribution in [-0.4, -0.2) is 80.1 Å². The number of carboxylic acids is 2. The van der Waals surface area contributed by atoms with Gasteiger partial charge in [-0.1, -0.05) is 23.7 Å². The third kappa shape index (κ3) is 13.1. The highest BCUT2D eigenvalue weighted by Gasteiger charge is 2.39. The van der Waals surface area contributed by atoms with E-state index in [-0.39, 0.29) is 11.7 Å². The van der Waals surface area contributed by atoms with Gasteiger partial charge in [-0.25, -0.2) is 23.8 Å². The van der Waals surface area contributed by atoms with Gasteiger partial charge in [-0.15, -0.1) is 0 Å². The molecule has 4 aromatic rings. The fraction of sp³-hybridized carbons (Fsp3) is 0.314. The van der Waals surface area contributed by atoms with Crippen LogP contribution in [0.1, 0.15) is 30.4 Å². The number of nitrogens with zero attached hydrogens (tertiary/aromatic N) is 4. The molecule has 6 rings (SSSR count). The van der Waals surface area contributed by atoms with Gasteiger partial charge in [0.2, 0.25) is 5.95 Å². The summed E-state index contributed by atoms with van der Waals surface area (Å²) in [4.78, 5) is 45.3. The summed E-state index contributed by atoms with van der Waals surface area (Å²) < 4.78 is 83.7. The van der Waals surface area contributed by atoms with Crippen molar-refractivity contribution >= 4 is 58.4 Å². The molecule has 0 aliphatic carbocycles. The summed E-state index contributed by atoms with van der Waals surface area (Å²) in [5, 5.41) is 23.9. The van der Waals surface area contributed by atoms with Crippen LogP contribution >= 0.6 is 11.6 Å². The fourth-order valence-corrected chi connectivity index (χ4v) is 5.40. The average molecular weight is 816 g/mol. The van der Waals surface area contributed by atoms with Crippen molar-refractivity contribution in [2.24, 2.45) is 5.92 Å². The molecule has 2 aliphatic heterocycles. The number of para-hydroxylation sites is 1. The zero-order valence-corrected chi connectivity index (χ0v) is 29.7. The van der Waals surface area contributed by atoms with Crippen molar-refractivity contribution in [3.63, 3.8) is 0 Å². The monoisotopic (exact) mass is 815 g/mol. The lowest BCUT2D eigenvalue weighted by molar-refractivity contribution is -0.193. The van der Waals surface area contributed by atoms with Crippen LogP contribution in [0.5, 0.6) is 5.75 Å². The molecule has 1 fully saturated rings. The van der Waals surface area contributed by atoms with E-state index >= 15 is 0 Å². The van der Waals surface area contributed by atoms with E-state index in [2.05, 4.69) is 37.0 Å². The Bertz CT molecular complexity index is 1970. The molecule has 0 spiro atoms. The third-order valence-electron chi connectivity index (χ3n) is 8.09. The first kappa shape index (κ1) is 42.8. The maximum atomic E-state index is 13.9. The summed E-state index contributed by atoms with van der Waals surface area (Å²) in [6, 6.07) is 14.0. The SMILES string of the molecule is O=C(Nc1ccccc1F)N1CCC(CCOc2ccc3cc2CCc2cncc(c2)Nc2ncc(Cl)c(n2)N3)CC1.O=C(O)C(F)(F)F.O=C(O)C(F)(F)F. The zero-order chi connectivity index (χ0) is 41.0. The fourth-order valence-electron chi connectivity index (χ4n) is 5.26. The number of amides is 2. The largest absolute Gasteiger partial charge is 0.493 e. The topological polar surface area (TPSA) is 179 Å². The number of fused-ring (bicyclic) bond motifs is 6. The van der Waals surface area contributed by atoms with Crippen molar-refractivity contribution < 1.29 is 60.1 Å². The first-order valence-electron chi connectivity index (χ1n) is 16.6. The molecule has 6 bridgehead atoms. The predicted molar refractivity (Wildman–Crippen MR) is 189 cm³/mol. The number of halogens is 8. The van der Waals surface area contributed by atoms with E-state index < -0.39 is 30.1 Å². The third-order valence-corrected chi connectivity index (χ3v) is 8.36. The van der Waals surface area contributed by atoms with Gasteiger partial charge in [0.1, 0.15) is 16.6 Å². The van der Waals surface area contributed by atoms with Crippen LogP contribution in [0.25, 0.3) is 0 Å². The van der Waals surface area contributed by atoms with Gasteiger partial charge in [0.05, 0.1) is 30.4 Å². The van der Waals surface area contributed by atoms with Gasteiger partial charge >= 0.3 is 30.3 Å². The number of aliphatic carboxylic acids is 2. The smallest absolute Gasteiger partial charge is 0.490 e. The summed E-state index contributed by atoms with van der Waals surface area (Å²) >= 11 is 6.38. The number of likely N-dealkylation sites (tertiary alicyclic amines) is 1. The number of ether oxygens (including phenoxy) is 1. The molecule has 4 heterocycles. The molecular formula is C35H33ClF7N7O6. The number of rotatable bonds is 5. The Kier molecular flexibility index (Phi) is 14.6. The van der Waals surface area contributed by atoms with Crippen LogP contribution in [0.3, 0.4) is 0 Å². The Labute approximate surface area is 318 Å². The molecule has 0 unspecified atom stereocenters. The Morgan fingerprint density at radius 2 is 1.55 bits per heavy atom. The number of alkyl halides is 6. The Balaban J connectivity index is 0.000000425. The summed E-state index contributed by atoms with van der Waals surface area (Å²) in [6.45, 7) is 1.84. The molecule has 5 N–H and O–H groups in total. The molecule has 2 aliphatic rings. The number of carbonyl (C=O) groups excluding carboxylic acids is 1. The van der Waals surface area contributed by atoms with E-state index in [9.17, 15) is 35.5 Å². The molecular weight excluding hydrogens is 783 g/mol. The molecule has 2 amide bonds. The molecule has 0 radical (unpaired) electrons. The second-order valence-corrected chi connectivity index (χ2v) is 12.5. The van der Waals surface area contributed by atoms with Crippen molar-refractivity contribution in [3.05, 3.63) is 89.1 Å². The first-order valence-corrected chi connectivity index (χ1v) is 16.9. The summed E-state index contributed by atoms with van der Waals surface area (Å²) in [7, 11) is 0. The van der Waals surface area contributed by atoms with E-state index in [0.717, 1.165) is 60.4 Å². The van der Waals surface area contributed by atoms with Crippen LogP contribution in [0.4, 0.5) is 64.4 Å². The lowest BCUT2D eigenvalue weighted by Crippen LogP contribution is -2.41. The minimum atomic E-state index is -5.08. The number of hydrogen-bond acceptors (Lipinski definition) is 9. The van der Waals surface area contributed by atoms with Gasteiger partial charge < -0.3 is 35.8 Å². The average Bonchev–Trinajstić information content (AvgIpc) is 3.14. The maximum absolute atomic E-state index is 13.9. The normalized spacial score (nSPS) is 14.0. The number of pyridine rings is 1. The van der Waals surface area contributed by atoms with Gasteiger partial charge in [-0.2, -0.15) is 31.3 Å². The van der Waals surface area contributed by atoms with E-state index in [0.29, 0.717) is 42.4 Å². The molecule has 0 saturated carbocycles. The second kappa shape index (κ2) is 19.1. The maximum Gasteiger partial charge on any atom is 0.490 e. The molecule has 300 valence electrons. The Hall–Kier alpha value is -5.92. The van der Waals surface area contributed by atoms with Gasteiger partial charge in [-0.3, -0.25) is 4.98 Å². The predicted octanol–water partition coefficient (Wildman–Crippen LogP) is 8.23. The highest BCUT2D eigenvalue weighted by molar-refractivity contribution is 6.32. The lowest BCUT2D eigenvalue weighted by Gasteiger charge is -2.32. The highest BCUT2D eigenvalue weighted by Crippen LogP contribution is 2.31. The molecule has 2 aromatic heterocycles. The van der Waals surface area contributed by atoms with Gasteiger partial charge in [0.25, 0.3) is 0 Å². The van der Waals surface area contributed by atoms with Crippen LogP contribution in [0.2, 0.25) is 5.02 Å². The molecule has 21 heteroatoms. The quantitative estimate of drug-likeness (QED) is 0.123. The second-order valence-electron chi connectivity index (χ2n) is 12.1. The first-order chi connectivity index (χ1) is 26.4. The van der Waals surface area contributed by atoms with Crippen LogP contribution in [0.15, 0.2) is 67.1 Å². The van der Waals surface area contributed by atoms with Crippen LogP contribution in [-0.2, 0) is 22.4 Å². The summed E-state index contributed by atoms with van der Waals surface area (Å²) in [5.41, 5.74) is 4.02. The number of aryl methyl sites for hydroxylation is 2. The number of carbonyl (C=O) groups is 3. The van der Waals surface area contributed by atoms with Crippen molar-refractivity contribution in [2.45, 2.75) is 44.5 Å². The summed E-state index contributed by atoms with van der Waals surface area (Å²) in [6.07, 6.45) is -0.801. The van der Waals surface area contributed by atoms with Crippen LogP contribution < -0.4 is 20.7 Å². The highest BCUT2D eigenvalue weighted by atomic mass is 35.5. The minimum Gasteiger partial charge on any atom is -0.493 e. The van der Waals surface area contributed by atoms with Gasteiger partial charge in [0.15, 0.2) is 5.82 Å². The van der Waals surface area contributed by atoms with Crippen molar-refractivity contribution in [1.29, 1.82) is 0 Å². The van der Waals surface area contributed by atoms with Crippen molar-refractivity contribution in [1.82, 2.24) is 19.9 Å². The number of aromatic nitrogens is 3. The van der Waals surface area contributed by atoms with Gasteiger partial charge in [0, 0.05) is 25.0 Å². The minimum absolute atomic E-state index is 0.202. The standard InChI is InChI=1S/C31H31ClFN7O2.2C2HF3O2/c32-25-19-35-30-37-24-15-21(17-34-18-24)5-6-22-16-23(36-29(25)39-30)7-8-28(22)42-14-11-20-9-12-40(13-10-20)31(41)38-27-4-2-1-3-26(27)33;2*3-2(4,5)1(6)7/h1-4,7-8,15-20H,5-6,9-14H2,(H,38,41)(H2,35,36,37,39);2*(H,6,7). The summed E-state index contributed by atoms with van der Waals surface area (Å²) in [5.74, 6) is -3.73. The Morgan fingerprint density at radius 3 is 2.20 bits per heavy atom. The van der Waals surface area contributed by atoms with Gasteiger partial charge in [-0.05, 0) is 85.5 Å². The lowest BCUT2D eigenvalue weighted by atomic mass is 9.94.